The number of amides is 3. The van der Waals surface area contributed by atoms with Crippen molar-refractivity contribution in [1.29, 1.82) is 0 Å². The van der Waals surface area contributed by atoms with Crippen molar-refractivity contribution >= 4 is 30.2 Å². The van der Waals surface area contributed by atoms with E-state index >= 15 is 0 Å². The highest BCUT2D eigenvalue weighted by Gasteiger charge is 2.34. The molecule has 1 saturated carbocycles. The second kappa shape index (κ2) is 15.2. The van der Waals surface area contributed by atoms with Gasteiger partial charge in [0, 0.05) is 6.54 Å². The average Bonchev–Trinajstić information content (AvgIpc) is 2.78. The molecule has 0 aromatic heterocycles. The molecule has 1 rings (SSSR count). The molecule has 0 spiro atoms. The topological polar surface area (TPSA) is 198 Å². The van der Waals surface area contributed by atoms with Crippen LogP contribution >= 0.6 is 0 Å². The van der Waals surface area contributed by atoms with Gasteiger partial charge in [-0.3, -0.25) is 14.6 Å². The minimum absolute atomic E-state index is 0.0583. The number of aliphatic imine (C=N–C) groups is 1. The summed E-state index contributed by atoms with van der Waals surface area (Å²) in [5.41, 5.74) is 10.5. The number of aliphatic hydroxyl groups is 1. The van der Waals surface area contributed by atoms with Gasteiger partial charge in [-0.15, -0.1) is 0 Å². The molecule has 1 aliphatic rings. The first-order chi connectivity index (χ1) is 16.5. The van der Waals surface area contributed by atoms with Crippen LogP contribution in [-0.4, -0.2) is 72.6 Å². The lowest BCUT2D eigenvalue weighted by atomic mass is 9.75. The molecule has 8 N–H and O–H groups in total. The molecule has 200 valence electrons. The summed E-state index contributed by atoms with van der Waals surface area (Å²) >= 11 is 0. The van der Waals surface area contributed by atoms with E-state index < -0.39 is 42.6 Å². The van der Waals surface area contributed by atoms with Gasteiger partial charge in [-0.25, -0.2) is 4.79 Å². The molecule has 1 aliphatic carbocycles. The number of hydrogen-bond donors (Lipinski definition) is 6. The minimum atomic E-state index is -1.29. The van der Waals surface area contributed by atoms with Crippen LogP contribution in [0, 0.1) is 17.8 Å². The zero-order chi connectivity index (χ0) is 26.5. The lowest BCUT2D eigenvalue weighted by Crippen LogP contribution is -2.55. The van der Waals surface area contributed by atoms with Gasteiger partial charge >= 0.3 is 6.09 Å². The van der Waals surface area contributed by atoms with Crippen LogP contribution < -0.4 is 27.4 Å². The molecule has 0 heterocycles. The lowest BCUT2D eigenvalue weighted by Gasteiger charge is -2.36. The first-order valence-corrected chi connectivity index (χ1v) is 12.2. The fourth-order valence-corrected chi connectivity index (χ4v) is 4.14. The van der Waals surface area contributed by atoms with Crippen molar-refractivity contribution in [3.8, 4) is 0 Å². The molecule has 0 aromatic rings. The largest absolute Gasteiger partial charge is 0.446 e. The zero-order valence-electron chi connectivity index (χ0n) is 21.2. The second-order valence-corrected chi connectivity index (χ2v) is 9.58. The molecule has 12 heteroatoms. The van der Waals surface area contributed by atoms with Crippen molar-refractivity contribution in [3.05, 3.63) is 0 Å². The van der Waals surface area contributed by atoms with Gasteiger partial charge in [-0.1, -0.05) is 27.2 Å². The number of guanidine groups is 1. The van der Waals surface area contributed by atoms with Crippen LogP contribution in [0.3, 0.4) is 0 Å². The molecule has 35 heavy (non-hydrogen) atoms. The molecule has 0 radical (unpaired) electrons. The first kappa shape index (κ1) is 30.1. The van der Waals surface area contributed by atoms with E-state index in [0.717, 1.165) is 19.3 Å². The predicted molar refractivity (Wildman–Crippen MR) is 131 cm³/mol. The van der Waals surface area contributed by atoms with Crippen LogP contribution in [-0.2, 0) is 19.1 Å². The molecule has 0 bridgehead atoms. The Labute approximate surface area is 207 Å². The van der Waals surface area contributed by atoms with Crippen molar-refractivity contribution in [2.24, 2.45) is 34.2 Å². The van der Waals surface area contributed by atoms with Crippen molar-refractivity contribution in [2.75, 3.05) is 13.2 Å². The van der Waals surface area contributed by atoms with E-state index in [-0.39, 0.29) is 18.0 Å². The van der Waals surface area contributed by atoms with Crippen molar-refractivity contribution in [2.45, 2.75) is 84.0 Å². The summed E-state index contributed by atoms with van der Waals surface area (Å²) in [5, 5.41) is 17.0. The highest BCUT2D eigenvalue weighted by Crippen LogP contribution is 2.35. The fourth-order valence-electron chi connectivity index (χ4n) is 4.14. The Morgan fingerprint density at radius 3 is 2.37 bits per heavy atom. The van der Waals surface area contributed by atoms with Gasteiger partial charge in [0.2, 0.25) is 11.8 Å². The van der Waals surface area contributed by atoms with Crippen LogP contribution in [0.1, 0.15) is 59.8 Å². The smallest absolute Gasteiger partial charge is 0.408 e. The van der Waals surface area contributed by atoms with Gasteiger partial charge in [0.15, 0.2) is 5.96 Å². The number of carbonyl (C=O) groups is 4. The number of hydrogen-bond acceptors (Lipinski definition) is 7. The van der Waals surface area contributed by atoms with Gasteiger partial charge in [0.05, 0.1) is 12.6 Å². The Bertz CT molecular complexity index is 742. The van der Waals surface area contributed by atoms with Gasteiger partial charge in [-0.05, 0) is 50.4 Å². The summed E-state index contributed by atoms with van der Waals surface area (Å²) in [7, 11) is 0. The lowest BCUT2D eigenvalue weighted by molar-refractivity contribution is -0.131. The maximum absolute atomic E-state index is 12.5. The molecule has 3 amide bonds. The third-order valence-electron chi connectivity index (χ3n) is 6.22. The van der Waals surface area contributed by atoms with Crippen LogP contribution in [0.4, 0.5) is 4.79 Å². The minimum Gasteiger partial charge on any atom is -0.446 e. The van der Waals surface area contributed by atoms with Crippen LogP contribution in [0.2, 0.25) is 0 Å². The number of nitrogens with two attached hydrogens (primary N) is 2. The van der Waals surface area contributed by atoms with Gasteiger partial charge in [0.1, 0.15) is 24.5 Å². The number of rotatable bonds is 13. The first-order valence-electron chi connectivity index (χ1n) is 12.2. The van der Waals surface area contributed by atoms with Gasteiger partial charge in [-0.2, -0.15) is 0 Å². The number of aldehydes is 1. The Hall–Kier alpha value is -2.89. The summed E-state index contributed by atoms with van der Waals surface area (Å²) in [4.78, 5) is 52.5. The van der Waals surface area contributed by atoms with E-state index in [1.54, 1.807) is 0 Å². The van der Waals surface area contributed by atoms with Crippen molar-refractivity contribution in [3.63, 3.8) is 0 Å². The fraction of sp³-hybridized carbons (Fsp3) is 0.783. The molecule has 0 aliphatic heterocycles. The van der Waals surface area contributed by atoms with E-state index in [1.807, 2.05) is 0 Å². The predicted octanol–water partition coefficient (Wildman–Crippen LogP) is -0.224. The Morgan fingerprint density at radius 2 is 1.80 bits per heavy atom. The van der Waals surface area contributed by atoms with Crippen LogP contribution in [0.5, 0.6) is 0 Å². The maximum atomic E-state index is 12.5. The SMILES string of the molecule is CC1CC[C@@H](C(C)C)[C@H](OC(=O)N[C@H](CO)C(=O)N[C@@H](C)C(=O)NC(C=O)CCCN=C(N)N)C1. The normalized spacial score (nSPS) is 22.3. The quantitative estimate of drug-likeness (QED) is 0.0866. The molecule has 6 atom stereocenters. The summed E-state index contributed by atoms with van der Waals surface area (Å²) in [6.07, 6.45) is 3.10. The van der Waals surface area contributed by atoms with E-state index in [2.05, 4.69) is 41.7 Å². The molecular formula is C23H42N6O6. The number of nitrogens with zero attached hydrogens (tertiary/aromatic N) is 1. The standard InChI is InChI=1S/C23H42N6O6/c1-13(2)17-8-7-14(3)10-19(17)35-23(34)29-18(12-31)21(33)27-15(4)20(32)28-16(11-30)6-5-9-26-22(24)25/h11,13-19,31H,5-10,12H2,1-4H3,(H,27,33)(H,28,32)(H,29,34)(H4,24,25,26)/t14?,15-,16?,17-,18+,19+/m0/s1. The van der Waals surface area contributed by atoms with Gasteiger partial charge in [0.25, 0.3) is 0 Å². The van der Waals surface area contributed by atoms with E-state index in [0.29, 0.717) is 37.5 Å². The monoisotopic (exact) mass is 498 g/mol. The van der Waals surface area contributed by atoms with Crippen molar-refractivity contribution in [1.82, 2.24) is 16.0 Å². The third kappa shape index (κ3) is 10.9. The van der Waals surface area contributed by atoms with E-state index in [9.17, 15) is 24.3 Å². The molecule has 2 unspecified atom stereocenters. The summed E-state index contributed by atoms with van der Waals surface area (Å²) < 4.78 is 5.62. The van der Waals surface area contributed by atoms with Gasteiger partial charge < -0.3 is 42.1 Å². The Balaban J connectivity index is 2.57. The number of alkyl carbamates (subject to hydrolysis) is 1. The number of nitrogens with one attached hydrogen (secondary N) is 3. The van der Waals surface area contributed by atoms with Crippen molar-refractivity contribution < 1.29 is 29.0 Å². The molecule has 12 nitrogen and oxygen atoms in total. The summed E-state index contributed by atoms with van der Waals surface area (Å²) in [6, 6.07) is -3.08. The Kier molecular flexibility index (Phi) is 13.1. The van der Waals surface area contributed by atoms with Crippen LogP contribution in [0.15, 0.2) is 4.99 Å². The number of carbonyl (C=O) groups excluding carboxylic acids is 4. The third-order valence-corrected chi connectivity index (χ3v) is 6.22. The number of aliphatic hydroxyl groups excluding tert-OH is 1. The molecule has 0 aromatic carbocycles. The maximum Gasteiger partial charge on any atom is 0.408 e. The number of ether oxygens (including phenoxy) is 1. The Morgan fingerprint density at radius 1 is 1.11 bits per heavy atom. The summed E-state index contributed by atoms with van der Waals surface area (Å²) in [5.74, 6) is -0.393. The zero-order valence-corrected chi connectivity index (χ0v) is 21.2. The summed E-state index contributed by atoms with van der Waals surface area (Å²) in [6.45, 7) is 7.35. The molecular weight excluding hydrogens is 456 g/mol. The van der Waals surface area contributed by atoms with E-state index in [1.165, 1.54) is 6.92 Å². The molecule has 1 fully saturated rings. The van der Waals surface area contributed by atoms with E-state index in [4.69, 9.17) is 16.2 Å². The average molecular weight is 499 g/mol. The van der Waals surface area contributed by atoms with Crippen LogP contribution in [0.25, 0.3) is 0 Å². The molecule has 0 saturated heterocycles. The highest BCUT2D eigenvalue weighted by molar-refractivity contribution is 5.91. The highest BCUT2D eigenvalue weighted by atomic mass is 16.6. The second-order valence-electron chi connectivity index (χ2n) is 9.58.